The van der Waals surface area contributed by atoms with Crippen LogP contribution in [0.25, 0.3) is 11.1 Å². The van der Waals surface area contributed by atoms with E-state index in [1.165, 1.54) is 6.07 Å². The number of aldehydes is 1. The van der Waals surface area contributed by atoms with E-state index in [0.29, 0.717) is 23.6 Å². The molecular formula is C25H28F4N2O2. The summed E-state index contributed by atoms with van der Waals surface area (Å²) in [6.07, 6.45) is 0.778. The van der Waals surface area contributed by atoms with E-state index in [1.807, 2.05) is 39.1 Å². The molecule has 0 fully saturated rings. The smallest absolute Gasteiger partial charge is 0.358 e. The van der Waals surface area contributed by atoms with Gasteiger partial charge in [-0.05, 0) is 50.3 Å². The fraction of sp³-hybridized carbons (Fsp3) is 0.280. The van der Waals surface area contributed by atoms with E-state index in [4.69, 9.17) is 0 Å². The maximum absolute atomic E-state index is 14.1. The molecule has 178 valence electrons. The van der Waals surface area contributed by atoms with Gasteiger partial charge in [-0.15, -0.1) is 0 Å². The summed E-state index contributed by atoms with van der Waals surface area (Å²) in [5.41, 5.74) is 5.33. The van der Waals surface area contributed by atoms with E-state index in [0.717, 1.165) is 41.8 Å². The number of nitrogens with one attached hydrogen (secondary N) is 2. The van der Waals surface area contributed by atoms with E-state index in [2.05, 4.69) is 16.9 Å². The lowest BCUT2D eigenvalue weighted by Crippen LogP contribution is -2.18. The summed E-state index contributed by atoms with van der Waals surface area (Å²) in [7, 11) is 1.87. The zero-order valence-electron chi connectivity index (χ0n) is 19.1. The van der Waals surface area contributed by atoms with Crippen LogP contribution in [-0.2, 0) is 11.2 Å². The van der Waals surface area contributed by atoms with Gasteiger partial charge in [0.15, 0.2) is 6.29 Å². The molecule has 2 rings (SSSR count). The number of Topliss-reactive ketones (excluding diaryl/α,β-unsaturated/α-hetero) is 1. The van der Waals surface area contributed by atoms with Gasteiger partial charge in [-0.3, -0.25) is 9.59 Å². The SMILES string of the molecule is C=C(/C=C(\C=C(C)C)c1cc(C=O)c(CCNC)[nH]1)c1ccccc1F.CC(=O)C(F)(F)F. The summed E-state index contributed by atoms with van der Waals surface area (Å²) < 4.78 is 46.5. The van der Waals surface area contributed by atoms with Gasteiger partial charge in [0.05, 0.1) is 0 Å². The first-order valence-corrected chi connectivity index (χ1v) is 10.1. The molecule has 33 heavy (non-hydrogen) atoms. The van der Waals surface area contributed by atoms with Gasteiger partial charge in [-0.1, -0.05) is 36.4 Å². The molecule has 1 heterocycles. The molecule has 0 saturated heterocycles. The number of carbonyl (C=O) groups excluding carboxylic acids is 2. The number of benzene rings is 1. The predicted octanol–water partition coefficient (Wildman–Crippen LogP) is 5.93. The molecule has 0 bridgehead atoms. The Hall–Kier alpha value is -3.26. The van der Waals surface area contributed by atoms with Crippen molar-refractivity contribution >= 4 is 23.2 Å². The van der Waals surface area contributed by atoms with E-state index >= 15 is 0 Å². The van der Waals surface area contributed by atoms with Gasteiger partial charge in [0.1, 0.15) is 5.82 Å². The van der Waals surface area contributed by atoms with Crippen molar-refractivity contribution in [2.45, 2.75) is 33.4 Å². The Labute approximate surface area is 191 Å². The van der Waals surface area contributed by atoms with Crippen LogP contribution in [0.2, 0.25) is 0 Å². The van der Waals surface area contributed by atoms with Crippen molar-refractivity contribution in [3.8, 4) is 0 Å². The molecule has 4 nitrogen and oxygen atoms in total. The third-order valence-corrected chi connectivity index (χ3v) is 4.39. The molecular weight excluding hydrogens is 436 g/mol. The molecule has 0 spiro atoms. The number of aromatic amines is 1. The minimum Gasteiger partial charge on any atom is -0.358 e. The number of halogens is 4. The van der Waals surface area contributed by atoms with Crippen molar-refractivity contribution < 1.29 is 27.2 Å². The molecule has 0 aliphatic carbocycles. The molecule has 0 radical (unpaired) electrons. The van der Waals surface area contributed by atoms with Crippen LogP contribution < -0.4 is 5.32 Å². The van der Waals surface area contributed by atoms with E-state index in [-0.39, 0.29) is 5.82 Å². The van der Waals surface area contributed by atoms with Crippen LogP contribution in [0.5, 0.6) is 0 Å². The summed E-state index contributed by atoms with van der Waals surface area (Å²) in [5, 5.41) is 3.08. The summed E-state index contributed by atoms with van der Waals surface area (Å²) in [6.45, 7) is 9.26. The van der Waals surface area contributed by atoms with E-state index in [9.17, 15) is 27.2 Å². The van der Waals surface area contributed by atoms with Crippen molar-refractivity contribution in [3.05, 3.63) is 83.0 Å². The number of alkyl halides is 3. The summed E-state index contributed by atoms with van der Waals surface area (Å²) in [6, 6.07) is 8.40. The average Bonchev–Trinajstić information content (AvgIpc) is 3.14. The number of allylic oxidation sites excluding steroid dienone is 5. The van der Waals surface area contributed by atoms with Gasteiger partial charge in [0, 0.05) is 42.4 Å². The van der Waals surface area contributed by atoms with Crippen LogP contribution in [0.3, 0.4) is 0 Å². The minimum absolute atomic E-state index is 0.305. The first kappa shape index (κ1) is 27.8. The lowest BCUT2D eigenvalue weighted by atomic mass is 10.0. The second-order valence-corrected chi connectivity index (χ2v) is 7.47. The largest absolute Gasteiger partial charge is 0.449 e. The number of hydrogen-bond donors (Lipinski definition) is 2. The molecule has 2 N–H and O–H groups in total. The first-order valence-electron chi connectivity index (χ1n) is 10.1. The monoisotopic (exact) mass is 464 g/mol. The molecule has 0 aliphatic heterocycles. The highest BCUT2D eigenvalue weighted by atomic mass is 19.4. The van der Waals surface area contributed by atoms with Gasteiger partial charge in [0.2, 0.25) is 5.78 Å². The summed E-state index contributed by atoms with van der Waals surface area (Å²) >= 11 is 0. The van der Waals surface area contributed by atoms with Gasteiger partial charge in [0.25, 0.3) is 0 Å². The highest BCUT2D eigenvalue weighted by Gasteiger charge is 2.33. The number of ketones is 1. The van der Waals surface area contributed by atoms with Crippen LogP contribution >= 0.6 is 0 Å². The Morgan fingerprint density at radius 2 is 1.76 bits per heavy atom. The topological polar surface area (TPSA) is 62.0 Å². The van der Waals surface area contributed by atoms with Crippen molar-refractivity contribution in [2.75, 3.05) is 13.6 Å². The zero-order chi connectivity index (χ0) is 25.2. The van der Waals surface area contributed by atoms with Crippen molar-refractivity contribution in [1.29, 1.82) is 0 Å². The summed E-state index contributed by atoms with van der Waals surface area (Å²) in [5.74, 6) is -2.06. The Balaban J connectivity index is 0.000000675. The quantitative estimate of drug-likeness (QED) is 0.289. The number of hydrogen-bond acceptors (Lipinski definition) is 3. The minimum atomic E-state index is -4.64. The Kier molecular flexibility index (Phi) is 10.7. The van der Waals surface area contributed by atoms with Crippen LogP contribution in [0.4, 0.5) is 17.6 Å². The average molecular weight is 465 g/mol. The van der Waals surface area contributed by atoms with E-state index in [1.54, 1.807) is 18.2 Å². The Morgan fingerprint density at radius 1 is 1.15 bits per heavy atom. The highest BCUT2D eigenvalue weighted by molar-refractivity contribution is 5.88. The second-order valence-electron chi connectivity index (χ2n) is 7.47. The second kappa shape index (κ2) is 12.7. The van der Waals surface area contributed by atoms with Crippen LogP contribution in [0.1, 0.15) is 48.1 Å². The molecule has 0 atom stereocenters. The fourth-order valence-corrected chi connectivity index (χ4v) is 2.73. The van der Waals surface area contributed by atoms with Crippen molar-refractivity contribution in [3.63, 3.8) is 0 Å². The first-order chi connectivity index (χ1) is 15.4. The van der Waals surface area contributed by atoms with Gasteiger partial charge in [-0.2, -0.15) is 13.2 Å². The number of rotatable bonds is 8. The fourth-order valence-electron chi connectivity index (χ4n) is 2.73. The molecule has 2 aromatic rings. The number of H-pyrrole nitrogens is 1. The van der Waals surface area contributed by atoms with Crippen LogP contribution in [0, 0.1) is 5.82 Å². The zero-order valence-corrected chi connectivity index (χ0v) is 19.1. The Bertz CT molecular complexity index is 1040. The lowest BCUT2D eigenvalue weighted by molar-refractivity contribution is -0.168. The normalized spacial score (nSPS) is 11.3. The standard InChI is InChI=1S/C22H25FN2O.C3H3F3O/c1-15(2)11-17(12-16(3)19-7-5-6-8-20(19)23)22-13-18(14-26)21(25-22)9-10-24-4;1-2(7)3(4,5)6/h5-8,11-14,24-25H,3,9-10H2,1-2,4H3;1H3/b17-12+;. The third-order valence-electron chi connectivity index (χ3n) is 4.39. The lowest BCUT2D eigenvalue weighted by Gasteiger charge is -2.06. The molecule has 1 aromatic carbocycles. The molecule has 0 amide bonds. The summed E-state index contributed by atoms with van der Waals surface area (Å²) in [4.78, 5) is 24.1. The van der Waals surface area contributed by atoms with Gasteiger partial charge < -0.3 is 10.3 Å². The highest BCUT2D eigenvalue weighted by Crippen LogP contribution is 2.26. The molecule has 0 unspecified atom stereocenters. The maximum Gasteiger partial charge on any atom is 0.449 e. The molecule has 1 aromatic heterocycles. The molecule has 0 aliphatic rings. The van der Waals surface area contributed by atoms with Crippen LogP contribution in [0.15, 0.2) is 54.6 Å². The number of carbonyl (C=O) groups is 2. The van der Waals surface area contributed by atoms with Crippen molar-refractivity contribution in [2.24, 2.45) is 0 Å². The van der Waals surface area contributed by atoms with Gasteiger partial charge >= 0.3 is 6.18 Å². The molecule has 0 saturated carbocycles. The predicted molar refractivity (Wildman–Crippen MR) is 123 cm³/mol. The van der Waals surface area contributed by atoms with Gasteiger partial charge in [-0.25, -0.2) is 4.39 Å². The number of likely N-dealkylation sites (N-methyl/N-ethyl adjacent to an activating group) is 1. The number of aromatic nitrogens is 1. The third kappa shape index (κ3) is 9.02. The molecule has 8 heteroatoms. The Morgan fingerprint density at radius 3 is 2.24 bits per heavy atom. The maximum atomic E-state index is 14.1. The van der Waals surface area contributed by atoms with Crippen LogP contribution in [-0.4, -0.2) is 36.8 Å². The van der Waals surface area contributed by atoms with Crippen molar-refractivity contribution in [1.82, 2.24) is 10.3 Å². The van der Waals surface area contributed by atoms with E-state index < -0.39 is 12.0 Å².